The molecule has 0 spiro atoms. The first-order valence-corrected chi connectivity index (χ1v) is 9.81. The van der Waals surface area contributed by atoms with Crippen molar-refractivity contribution in [1.82, 2.24) is 19.7 Å². The van der Waals surface area contributed by atoms with Crippen molar-refractivity contribution in [1.29, 1.82) is 0 Å². The number of nitrogens with one attached hydrogen (secondary N) is 1. The summed E-state index contributed by atoms with van der Waals surface area (Å²) in [5, 5.41) is 3.06. The molecule has 3 aromatic rings. The summed E-state index contributed by atoms with van der Waals surface area (Å²) >= 11 is 1.59. The molecule has 1 N–H and O–H groups in total. The Morgan fingerprint density at radius 1 is 1.21 bits per heavy atom. The summed E-state index contributed by atoms with van der Waals surface area (Å²) in [6.45, 7) is 0.743. The van der Waals surface area contributed by atoms with E-state index < -0.39 is 6.03 Å². The molecule has 8 heteroatoms. The number of thiophene rings is 1. The molecular weight excluding hydrogens is 376 g/mol. The number of H-pyrrole nitrogens is 1. The standard InChI is InChI=1S/C20H20N4O3S/c1-22-18(25)12-24(20(22)27)13-19(26)23(11-16-3-2-8-28-16)10-14-4-5-17-15(9-14)6-7-21-17/h2-9,21H,10-13H2,1H3. The largest absolute Gasteiger partial charge is 0.361 e. The molecule has 1 aliphatic heterocycles. The van der Waals surface area contributed by atoms with Crippen LogP contribution in [0.4, 0.5) is 4.79 Å². The highest BCUT2D eigenvalue weighted by Gasteiger charge is 2.35. The van der Waals surface area contributed by atoms with Gasteiger partial charge in [-0.2, -0.15) is 0 Å². The molecule has 0 saturated carbocycles. The molecule has 28 heavy (non-hydrogen) atoms. The number of urea groups is 1. The lowest BCUT2D eigenvalue weighted by atomic mass is 10.1. The van der Waals surface area contributed by atoms with Crippen LogP contribution in [-0.4, -0.2) is 57.7 Å². The van der Waals surface area contributed by atoms with Gasteiger partial charge in [0.2, 0.25) is 11.8 Å². The van der Waals surface area contributed by atoms with Crippen LogP contribution >= 0.6 is 11.3 Å². The van der Waals surface area contributed by atoms with E-state index >= 15 is 0 Å². The van der Waals surface area contributed by atoms with Crippen LogP contribution < -0.4 is 0 Å². The Kier molecular flexibility index (Phi) is 4.87. The molecule has 7 nitrogen and oxygen atoms in total. The van der Waals surface area contributed by atoms with Gasteiger partial charge in [0.25, 0.3) is 0 Å². The van der Waals surface area contributed by atoms with E-state index in [1.54, 1.807) is 16.2 Å². The summed E-state index contributed by atoms with van der Waals surface area (Å²) in [7, 11) is 1.44. The Balaban J connectivity index is 1.53. The highest BCUT2D eigenvalue weighted by atomic mass is 32.1. The molecule has 0 aliphatic carbocycles. The van der Waals surface area contributed by atoms with Crippen molar-refractivity contribution >= 4 is 40.1 Å². The number of carbonyl (C=O) groups is 3. The van der Waals surface area contributed by atoms with Gasteiger partial charge < -0.3 is 14.8 Å². The lowest BCUT2D eigenvalue weighted by Crippen LogP contribution is -2.41. The molecule has 1 fully saturated rings. The van der Waals surface area contributed by atoms with Gasteiger partial charge in [0.15, 0.2) is 0 Å². The van der Waals surface area contributed by atoms with Crippen LogP contribution in [0.1, 0.15) is 10.4 Å². The third-order valence-electron chi connectivity index (χ3n) is 4.85. The zero-order valence-corrected chi connectivity index (χ0v) is 16.2. The predicted molar refractivity (Wildman–Crippen MR) is 107 cm³/mol. The fourth-order valence-corrected chi connectivity index (χ4v) is 4.01. The minimum Gasteiger partial charge on any atom is -0.361 e. The molecule has 0 atom stereocenters. The second-order valence-corrected chi connectivity index (χ2v) is 7.85. The monoisotopic (exact) mass is 396 g/mol. The number of benzene rings is 1. The van der Waals surface area contributed by atoms with Crippen molar-refractivity contribution in [3.63, 3.8) is 0 Å². The number of fused-ring (bicyclic) bond motifs is 1. The highest BCUT2D eigenvalue weighted by molar-refractivity contribution is 7.09. The molecule has 4 amide bonds. The second-order valence-electron chi connectivity index (χ2n) is 6.82. The van der Waals surface area contributed by atoms with E-state index in [1.165, 1.54) is 11.9 Å². The van der Waals surface area contributed by atoms with E-state index in [1.807, 2.05) is 41.9 Å². The van der Waals surface area contributed by atoms with E-state index in [-0.39, 0.29) is 24.9 Å². The fraction of sp³-hybridized carbons (Fsp3) is 0.250. The average Bonchev–Trinajstić information content (AvgIpc) is 3.40. The van der Waals surface area contributed by atoms with Gasteiger partial charge in [-0.15, -0.1) is 11.3 Å². The fourth-order valence-electron chi connectivity index (χ4n) is 3.29. The quantitative estimate of drug-likeness (QED) is 0.651. The first-order valence-electron chi connectivity index (χ1n) is 8.93. The SMILES string of the molecule is CN1C(=O)CN(CC(=O)N(Cc2ccc3[nH]ccc3c2)Cc2cccs2)C1=O. The first-order chi connectivity index (χ1) is 13.5. The number of amides is 4. The van der Waals surface area contributed by atoms with Gasteiger partial charge in [-0.1, -0.05) is 12.1 Å². The van der Waals surface area contributed by atoms with Gasteiger partial charge in [-0.3, -0.25) is 14.5 Å². The van der Waals surface area contributed by atoms with Crippen LogP contribution in [-0.2, 0) is 22.7 Å². The van der Waals surface area contributed by atoms with E-state index in [0.717, 1.165) is 26.2 Å². The molecule has 0 radical (unpaired) electrons. The van der Waals surface area contributed by atoms with E-state index in [4.69, 9.17) is 0 Å². The van der Waals surface area contributed by atoms with Gasteiger partial charge >= 0.3 is 6.03 Å². The van der Waals surface area contributed by atoms with Crippen LogP contribution in [0.2, 0.25) is 0 Å². The third kappa shape index (κ3) is 3.63. The number of hydrogen-bond donors (Lipinski definition) is 1. The average molecular weight is 396 g/mol. The summed E-state index contributed by atoms with van der Waals surface area (Å²) in [4.78, 5) is 45.2. The minimum absolute atomic E-state index is 0.0524. The summed E-state index contributed by atoms with van der Waals surface area (Å²) in [6.07, 6.45) is 1.88. The van der Waals surface area contributed by atoms with Gasteiger partial charge in [-0.05, 0) is 40.6 Å². The van der Waals surface area contributed by atoms with Crippen molar-refractivity contribution in [3.8, 4) is 0 Å². The Morgan fingerprint density at radius 2 is 2.07 bits per heavy atom. The summed E-state index contributed by atoms with van der Waals surface area (Å²) in [6, 6.07) is 11.5. The Labute approximate surface area is 166 Å². The van der Waals surface area contributed by atoms with Gasteiger partial charge in [0.05, 0.1) is 6.54 Å². The number of imide groups is 1. The molecule has 0 bridgehead atoms. The molecule has 1 aromatic carbocycles. The smallest absolute Gasteiger partial charge is 0.327 e. The lowest BCUT2D eigenvalue weighted by Gasteiger charge is -2.25. The van der Waals surface area contributed by atoms with Crippen molar-refractivity contribution in [3.05, 3.63) is 58.4 Å². The highest BCUT2D eigenvalue weighted by Crippen LogP contribution is 2.19. The second kappa shape index (κ2) is 7.47. The third-order valence-corrected chi connectivity index (χ3v) is 5.72. The Bertz CT molecular complexity index is 1030. The number of nitrogens with zero attached hydrogens (tertiary/aromatic N) is 3. The van der Waals surface area contributed by atoms with Crippen LogP contribution in [0, 0.1) is 0 Å². The zero-order valence-electron chi connectivity index (χ0n) is 15.4. The number of likely N-dealkylation sites (N-methyl/N-ethyl adjacent to an activating group) is 1. The van der Waals surface area contributed by atoms with Crippen molar-refractivity contribution in [2.24, 2.45) is 0 Å². The van der Waals surface area contributed by atoms with E-state index in [0.29, 0.717) is 13.1 Å². The Morgan fingerprint density at radius 3 is 2.79 bits per heavy atom. The van der Waals surface area contributed by atoms with Crippen LogP contribution in [0.5, 0.6) is 0 Å². The van der Waals surface area contributed by atoms with E-state index in [2.05, 4.69) is 11.1 Å². The van der Waals surface area contributed by atoms with Crippen LogP contribution in [0.15, 0.2) is 48.0 Å². The van der Waals surface area contributed by atoms with Crippen molar-refractivity contribution in [2.75, 3.05) is 20.1 Å². The molecular formula is C20H20N4O3S. The molecule has 0 unspecified atom stereocenters. The number of carbonyl (C=O) groups excluding carboxylic acids is 3. The maximum absolute atomic E-state index is 13.0. The van der Waals surface area contributed by atoms with Crippen LogP contribution in [0.25, 0.3) is 10.9 Å². The molecule has 4 rings (SSSR count). The number of aromatic nitrogens is 1. The molecule has 144 valence electrons. The molecule has 2 aromatic heterocycles. The number of rotatable bonds is 6. The summed E-state index contributed by atoms with van der Waals surface area (Å²) in [5.74, 6) is -0.473. The maximum atomic E-state index is 13.0. The summed E-state index contributed by atoms with van der Waals surface area (Å²) < 4.78 is 0. The molecule has 1 saturated heterocycles. The van der Waals surface area contributed by atoms with Gasteiger partial charge in [-0.25, -0.2) is 4.79 Å². The number of aromatic amines is 1. The zero-order chi connectivity index (χ0) is 19.7. The topological polar surface area (TPSA) is 76.7 Å². The maximum Gasteiger partial charge on any atom is 0.327 e. The van der Waals surface area contributed by atoms with Gasteiger partial charge in [0.1, 0.15) is 13.1 Å². The van der Waals surface area contributed by atoms with E-state index in [9.17, 15) is 14.4 Å². The molecule has 3 heterocycles. The molecule has 1 aliphatic rings. The van der Waals surface area contributed by atoms with Crippen molar-refractivity contribution in [2.45, 2.75) is 13.1 Å². The van der Waals surface area contributed by atoms with Gasteiger partial charge in [0, 0.05) is 30.2 Å². The number of hydrogen-bond acceptors (Lipinski definition) is 4. The minimum atomic E-state index is -0.428. The van der Waals surface area contributed by atoms with Crippen LogP contribution in [0.3, 0.4) is 0 Å². The predicted octanol–water partition coefficient (Wildman–Crippen LogP) is 2.65. The Hall–Kier alpha value is -3.13. The summed E-state index contributed by atoms with van der Waals surface area (Å²) in [5.41, 5.74) is 2.06. The van der Waals surface area contributed by atoms with Crippen molar-refractivity contribution < 1.29 is 14.4 Å². The lowest BCUT2D eigenvalue weighted by molar-refractivity contribution is -0.133. The first kappa shape index (κ1) is 18.2. The normalized spacial score (nSPS) is 14.3.